The van der Waals surface area contributed by atoms with Crippen LogP contribution in [0.15, 0.2) is 57.8 Å². The number of anilines is 1. The van der Waals surface area contributed by atoms with Gasteiger partial charge in [-0.3, -0.25) is 4.79 Å². The molecule has 2 aromatic rings. The molecule has 9 nitrogen and oxygen atoms in total. The Balaban J connectivity index is 1.57. The van der Waals surface area contributed by atoms with Crippen molar-refractivity contribution in [1.82, 2.24) is 10.6 Å². The van der Waals surface area contributed by atoms with Gasteiger partial charge in [-0.05, 0) is 43.3 Å². The van der Waals surface area contributed by atoms with Crippen LogP contribution in [0, 0.1) is 0 Å². The molecule has 2 aromatic carbocycles. The molecule has 1 aliphatic heterocycles. The van der Waals surface area contributed by atoms with Crippen LogP contribution in [0.2, 0.25) is 0 Å². The molecule has 0 atom stereocenters. The van der Waals surface area contributed by atoms with Crippen molar-refractivity contribution in [2.75, 3.05) is 25.0 Å². The molecule has 152 valence electrons. The number of ether oxygens (including phenoxy) is 1. The number of carbonyl (C=O) groups is 2. The molecular weight excluding hydrogens is 396 g/mol. The van der Waals surface area contributed by atoms with Gasteiger partial charge >= 0.3 is 6.09 Å². The maximum atomic E-state index is 12.1. The third kappa shape index (κ3) is 4.91. The molecule has 0 saturated carbocycles. The molecule has 0 spiro atoms. The fraction of sp³-hybridized carbons (Fsp3) is 0.211. The van der Waals surface area contributed by atoms with Crippen LogP contribution in [0.4, 0.5) is 10.5 Å². The predicted octanol–water partition coefficient (Wildman–Crippen LogP) is 1.72. The Bertz CT molecular complexity index is 1050. The molecule has 0 saturated heterocycles. The van der Waals surface area contributed by atoms with Crippen LogP contribution in [0.5, 0.6) is 0 Å². The molecule has 0 unspecified atom stereocenters. The van der Waals surface area contributed by atoms with Gasteiger partial charge in [0, 0.05) is 29.9 Å². The molecule has 0 fully saturated rings. The molecule has 1 heterocycles. The summed E-state index contributed by atoms with van der Waals surface area (Å²) in [4.78, 5) is 23.5. The highest BCUT2D eigenvalue weighted by Gasteiger charge is 2.28. The zero-order valence-corrected chi connectivity index (χ0v) is 16.5. The van der Waals surface area contributed by atoms with Crippen molar-refractivity contribution in [3.8, 4) is 0 Å². The number of rotatable bonds is 6. The average molecular weight is 416 g/mol. The van der Waals surface area contributed by atoms with Crippen molar-refractivity contribution >= 4 is 33.5 Å². The number of nitrogens with one attached hydrogen (secondary N) is 3. The molecule has 0 aliphatic carbocycles. The van der Waals surface area contributed by atoms with E-state index in [2.05, 4.69) is 20.3 Å². The lowest BCUT2D eigenvalue weighted by Gasteiger charge is -2.09. The lowest BCUT2D eigenvalue weighted by molar-refractivity contribution is 0.0952. The van der Waals surface area contributed by atoms with Crippen molar-refractivity contribution in [3.63, 3.8) is 0 Å². The summed E-state index contributed by atoms with van der Waals surface area (Å²) in [6, 6.07) is 13.1. The minimum atomic E-state index is -3.70. The lowest BCUT2D eigenvalue weighted by Crippen LogP contribution is -2.34. The van der Waals surface area contributed by atoms with Crippen molar-refractivity contribution < 1.29 is 22.7 Å². The molecule has 10 heteroatoms. The monoisotopic (exact) mass is 416 g/mol. The minimum Gasteiger partial charge on any atom is -0.450 e. The zero-order chi connectivity index (χ0) is 20.9. The second-order valence-electron chi connectivity index (χ2n) is 6.02. The van der Waals surface area contributed by atoms with Gasteiger partial charge in [0.2, 0.25) is 0 Å². The average Bonchev–Trinajstić information content (AvgIpc) is 2.96. The summed E-state index contributed by atoms with van der Waals surface area (Å²) in [5.74, 6) is -0.0591. The summed E-state index contributed by atoms with van der Waals surface area (Å²) >= 11 is 0. The Morgan fingerprint density at radius 2 is 1.69 bits per heavy atom. The summed E-state index contributed by atoms with van der Waals surface area (Å²) in [5, 5.41) is 8.16. The highest BCUT2D eigenvalue weighted by atomic mass is 32.2. The standard InChI is InChI=1S/C19H20N4O5S/c1-2-28-19(25)21-12-11-20-18(24)13-7-9-14(10-8-13)22-17-15-5-3-4-6-16(15)29(26,27)23-17/h3-10H,2,11-12H2,1H3,(H,20,24)(H,21,25)(H,22,23). The Morgan fingerprint density at radius 1 is 1.00 bits per heavy atom. The lowest BCUT2D eigenvalue weighted by atomic mass is 10.1. The fourth-order valence-electron chi connectivity index (χ4n) is 2.66. The van der Waals surface area contributed by atoms with Gasteiger partial charge in [-0.25, -0.2) is 4.79 Å². The van der Waals surface area contributed by atoms with Gasteiger partial charge in [-0.2, -0.15) is 8.42 Å². The number of benzene rings is 2. The van der Waals surface area contributed by atoms with E-state index in [4.69, 9.17) is 4.74 Å². The summed E-state index contributed by atoms with van der Waals surface area (Å²) in [7, 11) is -3.70. The van der Waals surface area contributed by atoms with E-state index in [1.54, 1.807) is 49.4 Å². The van der Waals surface area contributed by atoms with Gasteiger partial charge in [-0.1, -0.05) is 12.1 Å². The molecule has 0 radical (unpaired) electrons. The van der Waals surface area contributed by atoms with Gasteiger partial charge in [0.25, 0.3) is 15.9 Å². The second kappa shape index (κ2) is 8.74. The minimum absolute atomic E-state index is 0.162. The van der Waals surface area contributed by atoms with Crippen molar-refractivity contribution in [1.29, 1.82) is 0 Å². The van der Waals surface area contributed by atoms with E-state index in [1.165, 1.54) is 6.07 Å². The van der Waals surface area contributed by atoms with Crippen LogP contribution in [-0.2, 0) is 14.8 Å². The van der Waals surface area contributed by atoms with E-state index in [-0.39, 0.29) is 36.3 Å². The van der Waals surface area contributed by atoms with Crippen LogP contribution >= 0.6 is 0 Å². The van der Waals surface area contributed by atoms with Crippen molar-refractivity contribution in [2.24, 2.45) is 4.40 Å². The second-order valence-corrected chi connectivity index (χ2v) is 7.59. The number of alkyl carbamates (subject to hydrolysis) is 1. The highest BCUT2D eigenvalue weighted by Crippen LogP contribution is 2.26. The summed E-state index contributed by atoms with van der Waals surface area (Å²) in [6.07, 6.45) is -0.532. The van der Waals surface area contributed by atoms with Gasteiger partial charge in [0.05, 0.1) is 6.61 Å². The Morgan fingerprint density at radius 3 is 2.41 bits per heavy atom. The number of fused-ring (bicyclic) bond motifs is 1. The number of sulfonamides is 1. The first-order chi connectivity index (χ1) is 13.9. The predicted molar refractivity (Wildman–Crippen MR) is 108 cm³/mol. The smallest absolute Gasteiger partial charge is 0.407 e. The van der Waals surface area contributed by atoms with E-state index >= 15 is 0 Å². The number of hydrogen-bond acceptors (Lipinski definition) is 6. The molecular formula is C19H20N4O5S. The van der Waals surface area contributed by atoms with Crippen LogP contribution in [-0.4, -0.2) is 46.0 Å². The number of amides is 2. The molecule has 3 N–H and O–H groups in total. The number of hydrogen-bond donors (Lipinski definition) is 3. The van der Waals surface area contributed by atoms with Crippen molar-refractivity contribution in [2.45, 2.75) is 11.8 Å². The van der Waals surface area contributed by atoms with Gasteiger partial charge in [-0.15, -0.1) is 4.40 Å². The molecule has 0 bridgehead atoms. The molecule has 29 heavy (non-hydrogen) atoms. The first-order valence-corrected chi connectivity index (χ1v) is 10.3. The van der Waals surface area contributed by atoms with Crippen LogP contribution in [0.25, 0.3) is 0 Å². The Labute approximate surface area is 168 Å². The third-order valence-electron chi connectivity index (χ3n) is 4.00. The molecule has 3 rings (SSSR count). The number of nitrogens with zero attached hydrogens (tertiary/aromatic N) is 1. The Hall–Kier alpha value is -3.40. The first kappa shape index (κ1) is 20.3. The summed E-state index contributed by atoms with van der Waals surface area (Å²) in [5.41, 5.74) is 1.52. The summed E-state index contributed by atoms with van der Waals surface area (Å²) < 4.78 is 32.7. The normalized spacial score (nSPS) is 13.8. The van der Waals surface area contributed by atoms with E-state index < -0.39 is 16.1 Å². The number of amidine groups is 1. The fourth-order valence-corrected chi connectivity index (χ4v) is 3.84. The quantitative estimate of drug-likeness (QED) is 0.616. The van der Waals surface area contributed by atoms with E-state index in [0.717, 1.165) is 0 Å². The Kier molecular flexibility index (Phi) is 6.13. The maximum absolute atomic E-state index is 12.1. The molecule has 1 aliphatic rings. The van der Waals surface area contributed by atoms with E-state index in [0.29, 0.717) is 16.8 Å². The maximum Gasteiger partial charge on any atom is 0.407 e. The van der Waals surface area contributed by atoms with Crippen molar-refractivity contribution in [3.05, 3.63) is 59.7 Å². The van der Waals surface area contributed by atoms with E-state index in [1.807, 2.05) is 0 Å². The van der Waals surface area contributed by atoms with E-state index in [9.17, 15) is 18.0 Å². The first-order valence-electron chi connectivity index (χ1n) is 8.91. The van der Waals surface area contributed by atoms with Gasteiger partial charge in [0.1, 0.15) is 4.90 Å². The van der Waals surface area contributed by atoms with Crippen LogP contribution in [0.3, 0.4) is 0 Å². The largest absolute Gasteiger partial charge is 0.450 e. The van der Waals surface area contributed by atoms with Gasteiger partial charge in [0.15, 0.2) is 5.84 Å². The zero-order valence-electron chi connectivity index (χ0n) is 15.6. The highest BCUT2D eigenvalue weighted by molar-refractivity contribution is 7.90. The van der Waals surface area contributed by atoms with Gasteiger partial charge < -0.3 is 20.7 Å². The molecule has 2 amide bonds. The topological polar surface area (TPSA) is 126 Å². The molecule has 0 aromatic heterocycles. The summed E-state index contributed by atoms with van der Waals surface area (Å²) in [6.45, 7) is 2.49. The third-order valence-corrected chi connectivity index (χ3v) is 5.33. The van der Waals surface area contributed by atoms with Crippen LogP contribution in [0.1, 0.15) is 22.8 Å². The SMILES string of the molecule is CCOC(=O)NCCNC(=O)c1ccc(NC2=NS(=O)(=O)c3ccccc32)cc1. The van der Waals surface area contributed by atoms with Crippen LogP contribution < -0.4 is 16.0 Å². The number of carbonyl (C=O) groups excluding carboxylic acids is 2.